The van der Waals surface area contributed by atoms with Crippen LogP contribution in [-0.2, 0) is 9.59 Å². The van der Waals surface area contributed by atoms with Crippen molar-refractivity contribution >= 4 is 34.7 Å². The maximum Gasteiger partial charge on any atom is 0.309 e. The summed E-state index contributed by atoms with van der Waals surface area (Å²) in [5.74, 6) is 0.507. The fourth-order valence-electron chi connectivity index (χ4n) is 2.69. The number of hydrogen-bond acceptors (Lipinski definition) is 6. The Hall–Kier alpha value is -4.47. The van der Waals surface area contributed by atoms with Crippen LogP contribution >= 0.6 is 0 Å². The summed E-state index contributed by atoms with van der Waals surface area (Å²) < 4.78 is 10.9. The number of anilines is 2. The largest absolute Gasteiger partial charge is 0.484 e. The van der Waals surface area contributed by atoms with Crippen molar-refractivity contribution in [1.82, 2.24) is 15.0 Å². The number of carbonyl (C=O) groups is 2. The van der Waals surface area contributed by atoms with E-state index in [0.717, 1.165) is 0 Å². The zero-order valence-corrected chi connectivity index (χ0v) is 16.3. The number of para-hydroxylation sites is 2. The fraction of sp³-hybridized carbons (Fsp3) is 0.0952. The van der Waals surface area contributed by atoms with Crippen molar-refractivity contribution < 1.29 is 24.0 Å². The van der Waals surface area contributed by atoms with Gasteiger partial charge >= 0.3 is 11.6 Å². The Morgan fingerprint density at radius 1 is 0.839 bits per heavy atom. The number of ether oxygens (including phenoxy) is 2. The van der Waals surface area contributed by atoms with E-state index in [0.29, 0.717) is 22.7 Å². The molecule has 0 radical (unpaired) electrons. The zero-order valence-electron chi connectivity index (χ0n) is 16.3. The van der Waals surface area contributed by atoms with E-state index in [1.807, 2.05) is 36.4 Å². The lowest BCUT2D eigenvalue weighted by atomic mass is 10.3. The van der Waals surface area contributed by atoms with Gasteiger partial charge in [-0.2, -0.15) is 4.98 Å². The highest BCUT2D eigenvalue weighted by atomic mass is 16.5. The lowest BCUT2D eigenvalue weighted by molar-refractivity contribution is -0.347. The van der Waals surface area contributed by atoms with Crippen LogP contribution in [0.3, 0.4) is 0 Å². The van der Waals surface area contributed by atoms with E-state index >= 15 is 0 Å². The molecule has 0 fully saturated rings. The number of rotatable bonds is 8. The van der Waals surface area contributed by atoms with Crippen LogP contribution in [0, 0.1) is 0 Å². The highest BCUT2D eigenvalue weighted by molar-refractivity contribution is 5.98. The van der Waals surface area contributed by atoms with Crippen molar-refractivity contribution in [3.05, 3.63) is 67.0 Å². The molecular weight excluding hydrogens is 400 g/mol. The molecule has 4 N–H and O–H groups in total. The van der Waals surface area contributed by atoms with Gasteiger partial charge in [0.05, 0.1) is 0 Å². The summed E-state index contributed by atoms with van der Waals surface area (Å²) >= 11 is 0. The first-order chi connectivity index (χ1) is 15.2. The van der Waals surface area contributed by atoms with Crippen LogP contribution in [0.15, 0.2) is 67.0 Å². The molecule has 0 saturated carbocycles. The van der Waals surface area contributed by atoms with Crippen LogP contribution in [0.1, 0.15) is 0 Å². The minimum atomic E-state index is -0.441. The molecule has 4 aromatic rings. The minimum Gasteiger partial charge on any atom is -0.484 e. The highest BCUT2D eigenvalue weighted by Gasteiger charge is 2.19. The smallest absolute Gasteiger partial charge is 0.309 e. The first-order valence-electron chi connectivity index (χ1n) is 9.39. The number of nitrogens with zero attached hydrogens (tertiary/aromatic N) is 2. The molecule has 0 atom stereocenters. The van der Waals surface area contributed by atoms with Crippen LogP contribution in [0.5, 0.6) is 11.5 Å². The molecule has 2 amide bonds. The average molecular weight is 419 g/mol. The molecule has 0 unspecified atom stereocenters. The Morgan fingerprint density at radius 3 is 2.03 bits per heavy atom. The standard InChI is InChI=1S/C21H18N6O4/c28-16(11-30-14-7-3-1-4-8-14)24-20-18-19(23-13-22-18)26-21(27-20)25-17(29)12-31-15-9-5-2-6-10-15/h1-10,13H,11-12H2,(H3,22,23,24,25,26,27,28,29)/p+1. The molecule has 0 saturated heterocycles. The number of benzene rings is 2. The molecule has 2 aromatic carbocycles. The molecule has 0 spiro atoms. The second-order valence-electron chi connectivity index (χ2n) is 6.35. The van der Waals surface area contributed by atoms with Crippen molar-refractivity contribution in [2.45, 2.75) is 0 Å². The summed E-state index contributed by atoms with van der Waals surface area (Å²) in [5.41, 5.74) is 0.889. The first kappa shape index (κ1) is 19.8. The minimum absolute atomic E-state index is 0.0179. The molecule has 10 heteroatoms. The van der Waals surface area contributed by atoms with Crippen LogP contribution in [0.25, 0.3) is 11.2 Å². The number of aromatic amines is 2. The van der Waals surface area contributed by atoms with Gasteiger partial charge in [0.2, 0.25) is 5.52 Å². The van der Waals surface area contributed by atoms with Crippen molar-refractivity contribution in [2.24, 2.45) is 0 Å². The predicted octanol–water partition coefficient (Wildman–Crippen LogP) is 1.81. The van der Waals surface area contributed by atoms with Gasteiger partial charge in [-0.15, -0.1) is 0 Å². The number of amides is 2. The van der Waals surface area contributed by atoms with Crippen molar-refractivity contribution in [3.63, 3.8) is 0 Å². The summed E-state index contributed by atoms with van der Waals surface area (Å²) in [6.45, 7) is -0.415. The van der Waals surface area contributed by atoms with E-state index < -0.39 is 11.8 Å². The molecule has 156 valence electrons. The van der Waals surface area contributed by atoms with Gasteiger partial charge in [0.15, 0.2) is 25.4 Å². The molecule has 4 rings (SSSR count). The van der Waals surface area contributed by atoms with Gasteiger partial charge in [-0.3, -0.25) is 19.9 Å². The number of nitrogens with one attached hydrogen (secondary N) is 4. The van der Waals surface area contributed by atoms with Crippen LogP contribution in [-0.4, -0.2) is 40.0 Å². The lowest BCUT2D eigenvalue weighted by Gasteiger charge is -2.08. The van der Waals surface area contributed by atoms with Crippen LogP contribution in [0.4, 0.5) is 11.8 Å². The molecule has 31 heavy (non-hydrogen) atoms. The summed E-state index contributed by atoms with van der Waals surface area (Å²) in [4.78, 5) is 38.8. The monoisotopic (exact) mass is 419 g/mol. The number of carbonyl (C=O) groups excluding carboxylic acids is 2. The Balaban J connectivity index is 1.41. The van der Waals surface area contributed by atoms with E-state index in [1.165, 1.54) is 0 Å². The highest BCUT2D eigenvalue weighted by Crippen LogP contribution is 2.17. The van der Waals surface area contributed by atoms with Gasteiger partial charge in [0.1, 0.15) is 11.5 Å². The molecule has 2 aromatic heterocycles. The SMILES string of the molecule is O=C(COc1ccccc1)Nc1nc(NC(=O)COc2ccccc2)c2[nH]c[nH+]c2n1. The Morgan fingerprint density at radius 2 is 1.42 bits per heavy atom. The number of aromatic nitrogens is 4. The molecular formula is C21H19N6O4+. The van der Waals surface area contributed by atoms with Crippen molar-refractivity contribution in [3.8, 4) is 11.5 Å². The average Bonchev–Trinajstić information content (AvgIpc) is 3.27. The van der Waals surface area contributed by atoms with E-state index in [1.54, 1.807) is 30.6 Å². The van der Waals surface area contributed by atoms with Crippen molar-refractivity contribution in [1.29, 1.82) is 0 Å². The molecule has 0 aliphatic carbocycles. The van der Waals surface area contributed by atoms with Gasteiger partial charge in [-0.05, 0) is 24.3 Å². The Labute approximate surface area is 176 Å². The Bertz CT molecular complexity index is 1180. The van der Waals surface area contributed by atoms with E-state index in [2.05, 4.69) is 30.6 Å². The summed E-state index contributed by atoms with van der Waals surface area (Å²) in [6, 6.07) is 17.9. The number of H-pyrrole nitrogens is 2. The summed E-state index contributed by atoms with van der Waals surface area (Å²) in [6.07, 6.45) is 1.54. The summed E-state index contributed by atoms with van der Waals surface area (Å²) in [5, 5.41) is 5.23. The Kier molecular flexibility index (Phi) is 5.98. The van der Waals surface area contributed by atoms with Gasteiger partial charge in [-0.1, -0.05) is 41.4 Å². The zero-order chi connectivity index (χ0) is 21.5. The molecule has 10 nitrogen and oxygen atoms in total. The number of imidazole rings is 1. The third-order valence-corrected chi connectivity index (χ3v) is 4.07. The third kappa shape index (κ3) is 5.32. The van der Waals surface area contributed by atoms with Gasteiger partial charge in [0.25, 0.3) is 11.8 Å². The summed E-state index contributed by atoms with van der Waals surface area (Å²) in [7, 11) is 0. The number of fused-ring (bicyclic) bond motifs is 1. The van der Waals surface area contributed by atoms with Gasteiger partial charge in [0, 0.05) is 0 Å². The fourth-order valence-corrected chi connectivity index (χ4v) is 2.69. The van der Waals surface area contributed by atoms with Crippen LogP contribution in [0.2, 0.25) is 0 Å². The van der Waals surface area contributed by atoms with Gasteiger partial charge < -0.3 is 14.8 Å². The predicted molar refractivity (Wildman–Crippen MR) is 112 cm³/mol. The lowest BCUT2D eigenvalue weighted by Crippen LogP contribution is -2.24. The first-order valence-corrected chi connectivity index (χ1v) is 9.39. The molecule has 2 heterocycles. The molecule has 0 bridgehead atoms. The van der Waals surface area contributed by atoms with E-state index in [9.17, 15) is 9.59 Å². The quantitative estimate of drug-likeness (QED) is 0.399. The third-order valence-electron chi connectivity index (χ3n) is 4.07. The van der Waals surface area contributed by atoms with E-state index in [-0.39, 0.29) is 25.0 Å². The maximum absolute atomic E-state index is 12.3. The topological polar surface area (TPSA) is 132 Å². The second-order valence-corrected chi connectivity index (χ2v) is 6.35. The maximum atomic E-state index is 12.3. The van der Waals surface area contributed by atoms with Gasteiger partial charge in [-0.25, -0.2) is 4.98 Å². The molecule has 0 aliphatic heterocycles. The van der Waals surface area contributed by atoms with Crippen LogP contribution < -0.4 is 25.1 Å². The molecule has 0 aliphatic rings. The second kappa shape index (κ2) is 9.35. The normalized spacial score (nSPS) is 10.5. The van der Waals surface area contributed by atoms with Crippen molar-refractivity contribution in [2.75, 3.05) is 23.8 Å². The van der Waals surface area contributed by atoms with E-state index in [4.69, 9.17) is 9.47 Å². The number of hydrogen-bond donors (Lipinski definition) is 3.